The second kappa shape index (κ2) is 4.32. The van der Waals surface area contributed by atoms with Gasteiger partial charge in [0, 0.05) is 10.7 Å². The van der Waals surface area contributed by atoms with Crippen molar-refractivity contribution in [3.8, 4) is 0 Å². The van der Waals surface area contributed by atoms with Gasteiger partial charge in [0.05, 0.1) is 0 Å². The zero-order valence-corrected chi connectivity index (χ0v) is 9.36. The summed E-state index contributed by atoms with van der Waals surface area (Å²) in [6, 6.07) is 7.26. The van der Waals surface area contributed by atoms with Crippen LogP contribution in [0.15, 0.2) is 24.3 Å². The fourth-order valence-corrected chi connectivity index (χ4v) is 1.44. The molecule has 16 heavy (non-hydrogen) atoms. The van der Waals surface area contributed by atoms with Crippen molar-refractivity contribution < 1.29 is 0 Å². The number of halogens is 1. The third-order valence-corrected chi connectivity index (χ3v) is 2.08. The SMILES string of the molecule is Cc1nc(N)nc(Nc2cccc(Cl)c2)n1. The molecule has 0 spiro atoms. The number of nitrogen functional groups attached to an aromatic ring is 1. The summed E-state index contributed by atoms with van der Waals surface area (Å²) in [6.45, 7) is 1.75. The van der Waals surface area contributed by atoms with Crippen LogP contribution in [0.4, 0.5) is 17.6 Å². The van der Waals surface area contributed by atoms with E-state index >= 15 is 0 Å². The summed E-state index contributed by atoms with van der Waals surface area (Å²) in [5.74, 6) is 1.17. The van der Waals surface area contributed by atoms with Crippen LogP contribution >= 0.6 is 11.6 Å². The molecular formula is C10H10ClN5. The maximum absolute atomic E-state index is 5.86. The van der Waals surface area contributed by atoms with E-state index in [0.717, 1.165) is 5.69 Å². The van der Waals surface area contributed by atoms with Crippen LogP contribution in [0.3, 0.4) is 0 Å². The lowest BCUT2D eigenvalue weighted by Crippen LogP contribution is -2.04. The van der Waals surface area contributed by atoms with Gasteiger partial charge >= 0.3 is 0 Å². The number of benzene rings is 1. The second-order valence-corrected chi connectivity index (χ2v) is 3.64. The Morgan fingerprint density at radius 1 is 1.25 bits per heavy atom. The predicted octanol–water partition coefficient (Wildman–Crippen LogP) is 2.16. The Balaban J connectivity index is 2.27. The molecule has 1 aromatic carbocycles. The molecule has 0 aliphatic heterocycles. The largest absolute Gasteiger partial charge is 0.368 e. The molecule has 5 nitrogen and oxygen atoms in total. The van der Waals surface area contributed by atoms with Crippen LogP contribution in [0, 0.1) is 6.92 Å². The number of hydrogen-bond donors (Lipinski definition) is 2. The van der Waals surface area contributed by atoms with Gasteiger partial charge in [-0.25, -0.2) is 0 Å². The van der Waals surface area contributed by atoms with Gasteiger partial charge in [0.15, 0.2) is 0 Å². The fourth-order valence-electron chi connectivity index (χ4n) is 1.25. The van der Waals surface area contributed by atoms with Gasteiger partial charge in [-0.2, -0.15) is 15.0 Å². The highest BCUT2D eigenvalue weighted by Gasteiger charge is 2.01. The Labute approximate surface area is 97.7 Å². The molecule has 1 heterocycles. The quantitative estimate of drug-likeness (QED) is 0.834. The van der Waals surface area contributed by atoms with Crippen LogP contribution in [0.1, 0.15) is 5.82 Å². The normalized spacial score (nSPS) is 10.1. The van der Waals surface area contributed by atoms with Crippen LogP contribution in [0.5, 0.6) is 0 Å². The molecule has 0 bridgehead atoms. The highest BCUT2D eigenvalue weighted by atomic mass is 35.5. The molecule has 0 saturated heterocycles. The molecule has 3 N–H and O–H groups in total. The first-order valence-corrected chi connectivity index (χ1v) is 5.02. The van der Waals surface area contributed by atoms with Crippen molar-refractivity contribution in [2.75, 3.05) is 11.1 Å². The lowest BCUT2D eigenvalue weighted by Gasteiger charge is -2.05. The van der Waals surface area contributed by atoms with Crippen LogP contribution in [-0.2, 0) is 0 Å². The molecule has 0 amide bonds. The maximum atomic E-state index is 5.86. The monoisotopic (exact) mass is 235 g/mol. The summed E-state index contributed by atoms with van der Waals surface area (Å²) in [7, 11) is 0. The van der Waals surface area contributed by atoms with E-state index < -0.39 is 0 Å². The standard InChI is InChI=1S/C10H10ClN5/c1-6-13-9(12)16-10(14-6)15-8-4-2-3-7(11)5-8/h2-5H,1H3,(H3,12,13,14,15,16). The number of anilines is 3. The average molecular weight is 236 g/mol. The van der Waals surface area contributed by atoms with Gasteiger partial charge in [-0.1, -0.05) is 17.7 Å². The summed E-state index contributed by atoms with van der Waals surface area (Å²) < 4.78 is 0. The molecule has 0 unspecified atom stereocenters. The third kappa shape index (κ3) is 2.58. The van der Waals surface area contributed by atoms with Crippen molar-refractivity contribution in [3.05, 3.63) is 35.1 Å². The van der Waals surface area contributed by atoms with Crippen molar-refractivity contribution in [1.29, 1.82) is 0 Å². The van der Waals surface area contributed by atoms with Gasteiger partial charge < -0.3 is 11.1 Å². The number of hydrogen-bond acceptors (Lipinski definition) is 5. The van der Waals surface area contributed by atoms with E-state index in [1.54, 1.807) is 19.1 Å². The number of nitrogens with two attached hydrogens (primary N) is 1. The van der Waals surface area contributed by atoms with Gasteiger partial charge in [-0.05, 0) is 25.1 Å². The summed E-state index contributed by atoms with van der Waals surface area (Å²) >= 11 is 5.86. The molecule has 6 heteroatoms. The molecule has 2 aromatic rings. The molecule has 82 valence electrons. The molecule has 1 aromatic heterocycles. The first-order chi connectivity index (χ1) is 7.63. The highest BCUT2D eigenvalue weighted by Crippen LogP contribution is 2.17. The van der Waals surface area contributed by atoms with Crippen molar-refractivity contribution in [3.63, 3.8) is 0 Å². The molecule has 0 fully saturated rings. The van der Waals surface area contributed by atoms with E-state index in [1.165, 1.54) is 0 Å². The Bertz CT molecular complexity index is 494. The van der Waals surface area contributed by atoms with Gasteiger partial charge in [-0.3, -0.25) is 0 Å². The van der Waals surface area contributed by atoms with E-state index in [0.29, 0.717) is 16.8 Å². The Kier molecular flexibility index (Phi) is 2.87. The molecule has 0 saturated carbocycles. The first-order valence-electron chi connectivity index (χ1n) is 4.64. The summed E-state index contributed by atoms with van der Waals surface area (Å²) in [5, 5.41) is 3.64. The van der Waals surface area contributed by atoms with Crippen LogP contribution in [-0.4, -0.2) is 15.0 Å². The minimum atomic E-state index is 0.192. The Hall–Kier alpha value is -1.88. The number of rotatable bonds is 2. The van der Waals surface area contributed by atoms with E-state index in [1.807, 2.05) is 12.1 Å². The van der Waals surface area contributed by atoms with E-state index in [-0.39, 0.29) is 5.95 Å². The summed E-state index contributed by atoms with van der Waals surface area (Å²) in [6.07, 6.45) is 0. The van der Waals surface area contributed by atoms with Crippen LogP contribution < -0.4 is 11.1 Å². The molecular weight excluding hydrogens is 226 g/mol. The predicted molar refractivity (Wildman–Crippen MR) is 63.7 cm³/mol. The number of nitrogens with one attached hydrogen (secondary N) is 1. The lowest BCUT2D eigenvalue weighted by molar-refractivity contribution is 0.995. The van der Waals surface area contributed by atoms with E-state index in [4.69, 9.17) is 17.3 Å². The van der Waals surface area contributed by atoms with Crippen molar-refractivity contribution in [2.24, 2.45) is 0 Å². The van der Waals surface area contributed by atoms with Crippen LogP contribution in [0.2, 0.25) is 5.02 Å². The van der Waals surface area contributed by atoms with E-state index in [2.05, 4.69) is 20.3 Å². The van der Waals surface area contributed by atoms with Gasteiger partial charge in [-0.15, -0.1) is 0 Å². The highest BCUT2D eigenvalue weighted by molar-refractivity contribution is 6.30. The van der Waals surface area contributed by atoms with Crippen molar-refractivity contribution in [1.82, 2.24) is 15.0 Å². The van der Waals surface area contributed by atoms with E-state index in [9.17, 15) is 0 Å². The van der Waals surface area contributed by atoms with Crippen molar-refractivity contribution in [2.45, 2.75) is 6.92 Å². The number of aromatic nitrogens is 3. The molecule has 0 aliphatic rings. The molecule has 0 atom stereocenters. The first kappa shape index (κ1) is 10.6. The fraction of sp³-hybridized carbons (Fsp3) is 0.100. The summed E-state index contributed by atoms with van der Waals surface area (Å²) in [4.78, 5) is 11.9. The van der Waals surface area contributed by atoms with Gasteiger partial charge in [0.2, 0.25) is 11.9 Å². The Morgan fingerprint density at radius 2 is 2.06 bits per heavy atom. The second-order valence-electron chi connectivity index (χ2n) is 3.20. The third-order valence-electron chi connectivity index (χ3n) is 1.85. The smallest absolute Gasteiger partial charge is 0.232 e. The summed E-state index contributed by atoms with van der Waals surface area (Å²) in [5.41, 5.74) is 6.32. The maximum Gasteiger partial charge on any atom is 0.232 e. The number of aryl methyl sites for hydroxylation is 1. The van der Waals surface area contributed by atoms with Gasteiger partial charge in [0.25, 0.3) is 0 Å². The topological polar surface area (TPSA) is 76.7 Å². The average Bonchev–Trinajstić information content (AvgIpc) is 2.15. The zero-order valence-electron chi connectivity index (χ0n) is 8.61. The van der Waals surface area contributed by atoms with Crippen molar-refractivity contribution >= 4 is 29.2 Å². The minimum Gasteiger partial charge on any atom is -0.368 e. The molecule has 2 rings (SSSR count). The number of nitrogens with zero attached hydrogens (tertiary/aromatic N) is 3. The molecule has 0 aliphatic carbocycles. The van der Waals surface area contributed by atoms with Crippen LogP contribution in [0.25, 0.3) is 0 Å². The Morgan fingerprint density at radius 3 is 2.75 bits per heavy atom. The van der Waals surface area contributed by atoms with Gasteiger partial charge in [0.1, 0.15) is 5.82 Å². The zero-order chi connectivity index (χ0) is 11.5. The minimum absolute atomic E-state index is 0.192. The molecule has 0 radical (unpaired) electrons. The lowest BCUT2D eigenvalue weighted by atomic mass is 10.3.